The Morgan fingerprint density at radius 2 is 2.30 bits per heavy atom. The molecule has 1 radical (unpaired) electrons. The van der Waals surface area contributed by atoms with Gasteiger partial charge in [0.2, 0.25) is 0 Å². The second-order valence-electron chi connectivity index (χ2n) is 2.90. The summed E-state index contributed by atoms with van der Waals surface area (Å²) in [6, 6.07) is 0. The van der Waals surface area contributed by atoms with Crippen molar-refractivity contribution in [2.24, 2.45) is 0 Å². The molecular weight excluding hydrogens is 122 g/mol. The molecule has 1 heteroatoms. The third-order valence-electron chi connectivity index (χ3n) is 2.14. The van der Waals surface area contributed by atoms with Gasteiger partial charge in [0.15, 0.2) is 0 Å². The molecule has 0 saturated carbocycles. The van der Waals surface area contributed by atoms with E-state index in [0.29, 0.717) is 0 Å². The van der Waals surface area contributed by atoms with Crippen molar-refractivity contribution in [3.63, 3.8) is 0 Å². The Morgan fingerprint density at radius 1 is 1.30 bits per heavy atom. The molecular formula is C9H12N. The number of rotatable bonds is 0. The molecule has 1 nitrogen and oxygen atoms in total. The average Bonchev–Trinajstić information content (AvgIpc) is 2.05. The van der Waals surface area contributed by atoms with Crippen LogP contribution in [0.2, 0.25) is 0 Å². The first kappa shape index (κ1) is 6.02. The Bertz CT molecular complexity index is 189. The lowest BCUT2D eigenvalue weighted by atomic mass is 9.96. The highest BCUT2D eigenvalue weighted by molar-refractivity contribution is 5.29. The van der Waals surface area contributed by atoms with Crippen LogP contribution in [0.3, 0.4) is 0 Å². The van der Waals surface area contributed by atoms with Gasteiger partial charge in [-0.1, -0.05) is 12.2 Å². The summed E-state index contributed by atoms with van der Waals surface area (Å²) in [4.78, 5) is 0. The fourth-order valence-electron chi connectivity index (χ4n) is 1.59. The van der Waals surface area contributed by atoms with Gasteiger partial charge in [-0.2, -0.15) is 0 Å². The monoisotopic (exact) mass is 134 g/mol. The van der Waals surface area contributed by atoms with E-state index in [2.05, 4.69) is 17.5 Å². The molecule has 0 saturated heterocycles. The van der Waals surface area contributed by atoms with Gasteiger partial charge in [-0.15, -0.1) is 0 Å². The summed E-state index contributed by atoms with van der Waals surface area (Å²) in [7, 11) is 0. The first-order valence-corrected chi connectivity index (χ1v) is 4.03. The molecule has 0 atom stereocenters. The number of hydrogen-bond acceptors (Lipinski definition) is 0. The Hall–Kier alpha value is -0.720. The standard InChI is InChI=1S/C9H12N/c1-2-6-9-8(4-1)5-3-7-10-9/h1,4H,2-3,5-7H2. The zero-order valence-corrected chi connectivity index (χ0v) is 6.14. The van der Waals surface area contributed by atoms with Crippen molar-refractivity contribution in [2.75, 3.05) is 6.54 Å². The van der Waals surface area contributed by atoms with E-state index in [0.717, 1.165) is 6.54 Å². The van der Waals surface area contributed by atoms with Gasteiger partial charge < -0.3 is 0 Å². The molecule has 10 heavy (non-hydrogen) atoms. The minimum atomic E-state index is 1.06. The Kier molecular flexibility index (Phi) is 1.50. The van der Waals surface area contributed by atoms with Crippen LogP contribution >= 0.6 is 0 Å². The summed E-state index contributed by atoms with van der Waals surface area (Å²) in [5, 5.41) is 4.48. The van der Waals surface area contributed by atoms with E-state index in [9.17, 15) is 0 Å². The Morgan fingerprint density at radius 3 is 3.20 bits per heavy atom. The second kappa shape index (κ2) is 2.49. The summed E-state index contributed by atoms with van der Waals surface area (Å²) >= 11 is 0. The van der Waals surface area contributed by atoms with Crippen LogP contribution in [0.4, 0.5) is 0 Å². The predicted molar refractivity (Wildman–Crippen MR) is 41.6 cm³/mol. The molecule has 1 heterocycles. The van der Waals surface area contributed by atoms with Crippen molar-refractivity contribution in [3.05, 3.63) is 23.4 Å². The highest BCUT2D eigenvalue weighted by atomic mass is 14.9. The number of hydrogen-bond donors (Lipinski definition) is 0. The number of nitrogens with zero attached hydrogens (tertiary/aromatic N) is 1. The molecule has 2 aliphatic rings. The van der Waals surface area contributed by atoms with Crippen LogP contribution in [-0.2, 0) is 0 Å². The van der Waals surface area contributed by atoms with Crippen LogP contribution < -0.4 is 5.32 Å². The highest BCUT2D eigenvalue weighted by Crippen LogP contribution is 2.24. The normalized spacial score (nSPS) is 24.0. The summed E-state index contributed by atoms with van der Waals surface area (Å²) in [5.41, 5.74) is 2.88. The van der Waals surface area contributed by atoms with Gasteiger partial charge in [-0.25, -0.2) is 0 Å². The second-order valence-corrected chi connectivity index (χ2v) is 2.90. The Balaban J connectivity index is 2.23. The lowest BCUT2D eigenvalue weighted by molar-refractivity contribution is 0.625. The molecule has 0 N–H and O–H groups in total. The van der Waals surface area contributed by atoms with Crippen molar-refractivity contribution in [2.45, 2.75) is 25.7 Å². The summed E-state index contributed by atoms with van der Waals surface area (Å²) in [6.07, 6.45) is 9.41. The van der Waals surface area contributed by atoms with Gasteiger partial charge in [0.05, 0.1) is 0 Å². The maximum absolute atomic E-state index is 4.48. The molecule has 0 amide bonds. The van der Waals surface area contributed by atoms with Gasteiger partial charge in [0.25, 0.3) is 0 Å². The molecule has 0 aromatic rings. The zero-order valence-electron chi connectivity index (χ0n) is 6.14. The van der Waals surface area contributed by atoms with E-state index < -0.39 is 0 Å². The number of allylic oxidation sites excluding steroid dienone is 4. The maximum Gasteiger partial charge on any atom is 0.0395 e. The van der Waals surface area contributed by atoms with E-state index >= 15 is 0 Å². The third kappa shape index (κ3) is 0.962. The summed E-state index contributed by atoms with van der Waals surface area (Å²) in [5.74, 6) is 0. The maximum atomic E-state index is 4.48. The van der Waals surface area contributed by atoms with Crippen molar-refractivity contribution >= 4 is 0 Å². The first-order valence-electron chi connectivity index (χ1n) is 4.03. The van der Waals surface area contributed by atoms with Crippen LogP contribution in [0.1, 0.15) is 25.7 Å². The van der Waals surface area contributed by atoms with Crippen molar-refractivity contribution in [1.29, 1.82) is 0 Å². The van der Waals surface area contributed by atoms with Crippen LogP contribution in [-0.4, -0.2) is 6.54 Å². The van der Waals surface area contributed by atoms with Crippen LogP contribution in [0.25, 0.3) is 0 Å². The van der Waals surface area contributed by atoms with E-state index in [1.807, 2.05) is 0 Å². The van der Waals surface area contributed by atoms with Crippen molar-refractivity contribution < 1.29 is 0 Å². The molecule has 0 unspecified atom stereocenters. The Labute approximate surface area is 61.8 Å². The minimum absolute atomic E-state index is 1.06. The third-order valence-corrected chi connectivity index (χ3v) is 2.14. The molecule has 0 aromatic carbocycles. The fraction of sp³-hybridized carbons (Fsp3) is 0.556. The zero-order chi connectivity index (χ0) is 6.81. The largest absolute Gasteiger partial charge is 0.289 e. The summed E-state index contributed by atoms with van der Waals surface area (Å²) < 4.78 is 0. The van der Waals surface area contributed by atoms with Crippen molar-refractivity contribution in [3.8, 4) is 0 Å². The summed E-state index contributed by atoms with van der Waals surface area (Å²) in [6.45, 7) is 1.06. The van der Waals surface area contributed by atoms with Gasteiger partial charge in [0, 0.05) is 12.2 Å². The molecule has 53 valence electrons. The lowest BCUT2D eigenvalue weighted by Gasteiger charge is -2.20. The molecule has 0 bridgehead atoms. The predicted octanol–water partition coefficient (Wildman–Crippen LogP) is 1.99. The van der Waals surface area contributed by atoms with E-state index in [1.165, 1.54) is 37.0 Å². The molecule has 0 fully saturated rings. The van der Waals surface area contributed by atoms with E-state index in [4.69, 9.17) is 0 Å². The molecule has 1 aliphatic heterocycles. The highest BCUT2D eigenvalue weighted by Gasteiger charge is 2.12. The fourth-order valence-corrected chi connectivity index (χ4v) is 1.59. The van der Waals surface area contributed by atoms with E-state index in [1.54, 1.807) is 0 Å². The molecule has 0 spiro atoms. The lowest BCUT2D eigenvalue weighted by Crippen LogP contribution is -2.15. The van der Waals surface area contributed by atoms with Crippen molar-refractivity contribution in [1.82, 2.24) is 5.32 Å². The van der Waals surface area contributed by atoms with Crippen LogP contribution in [0, 0.1) is 0 Å². The molecule has 1 aliphatic carbocycles. The van der Waals surface area contributed by atoms with Gasteiger partial charge in [-0.05, 0) is 31.3 Å². The van der Waals surface area contributed by atoms with Gasteiger partial charge in [-0.3, -0.25) is 5.32 Å². The molecule has 0 aromatic heterocycles. The SMILES string of the molecule is C1=CC2=C(CC1)[N]CCC2. The molecule has 2 rings (SSSR count). The topological polar surface area (TPSA) is 14.1 Å². The minimum Gasteiger partial charge on any atom is -0.289 e. The average molecular weight is 134 g/mol. The smallest absolute Gasteiger partial charge is 0.0395 e. The first-order chi connectivity index (χ1) is 4.97. The van der Waals surface area contributed by atoms with Crippen LogP contribution in [0.15, 0.2) is 23.4 Å². The van der Waals surface area contributed by atoms with Gasteiger partial charge in [0.1, 0.15) is 0 Å². The van der Waals surface area contributed by atoms with E-state index in [-0.39, 0.29) is 0 Å². The quantitative estimate of drug-likeness (QED) is 0.481. The van der Waals surface area contributed by atoms with Gasteiger partial charge >= 0.3 is 0 Å². The van der Waals surface area contributed by atoms with Crippen LogP contribution in [0.5, 0.6) is 0 Å².